The second kappa shape index (κ2) is 9.64. The van der Waals surface area contributed by atoms with Crippen molar-refractivity contribution in [3.05, 3.63) is 65.7 Å². The van der Waals surface area contributed by atoms with Crippen molar-refractivity contribution < 1.29 is 17.9 Å². The zero-order valence-corrected chi connectivity index (χ0v) is 16.6. The van der Waals surface area contributed by atoms with Crippen LogP contribution in [-0.4, -0.2) is 40.6 Å². The zero-order chi connectivity index (χ0) is 19.9. The molecule has 2 aromatic carbocycles. The largest absolute Gasteiger partial charge is 0.383 e. The Morgan fingerprint density at radius 2 is 1.67 bits per heavy atom. The first-order valence-electron chi connectivity index (χ1n) is 8.78. The molecule has 0 bridgehead atoms. The van der Waals surface area contributed by atoms with E-state index in [-0.39, 0.29) is 29.4 Å². The quantitative estimate of drug-likeness (QED) is 0.689. The number of hydrogen-bond donors (Lipinski definition) is 2. The molecule has 0 aliphatic carbocycles. The summed E-state index contributed by atoms with van der Waals surface area (Å²) >= 11 is 0. The molecule has 0 heterocycles. The minimum absolute atomic E-state index is 0.111. The van der Waals surface area contributed by atoms with E-state index in [4.69, 9.17) is 4.74 Å². The van der Waals surface area contributed by atoms with E-state index < -0.39 is 10.0 Å². The molecular formula is C20H26N2O4S. The standard InChI is InChI=1S/C20H26N2O4S/c1-15(17-7-5-4-6-8-17)13-21-20(23)18-9-11-19(12-10-18)27(24,25)22-16(2)14-26-3/h4-12,15-16,22H,13-14H2,1-3H3,(H,21,23)/t15-,16-/m1/s1. The van der Waals surface area contributed by atoms with Crippen LogP contribution >= 0.6 is 0 Å². The van der Waals surface area contributed by atoms with Crippen LogP contribution in [0, 0.1) is 0 Å². The van der Waals surface area contributed by atoms with Gasteiger partial charge < -0.3 is 10.1 Å². The molecule has 0 radical (unpaired) electrons. The van der Waals surface area contributed by atoms with Gasteiger partial charge in [0.1, 0.15) is 0 Å². The molecule has 2 N–H and O–H groups in total. The van der Waals surface area contributed by atoms with Gasteiger partial charge in [0.05, 0.1) is 11.5 Å². The average Bonchev–Trinajstić information content (AvgIpc) is 2.66. The number of carbonyl (C=O) groups is 1. The van der Waals surface area contributed by atoms with Crippen LogP contribution in [0.4, 0.5) is 0 Å². The lowest BCUT2D eigenvalue weighted by Gasteiger charge is -2.14. The fraction of sp³-hybridized carbons (Fsp3) is 0.350. The lowest BCUT2D eigenvalue weighted by atomic mass is 10.0. The normalized spacial score (nSPS) is 13.7. The van der Waals surface area contributed by atoms with Crippen molar-refractivity contribution in [3.8, 4) is 0 Å². The number of nitrogens with one attached hydrogen (secondary N) is 2. The monoisotopic (exact) mass is 390 g/mol. The van der Waals surface area contributed by atoms with Crippen LogP contribution in [0.3, 0.4) is 0 Å². The van der Waals surface area contributed by atoms with E-state index in [2.05, 4.69) is 10.0 Å². The summed E-state index contributed by atoms with van der Waals surface area (Å²) in [4.78, 5) is 12.4. The third-order valence-corrected chi connectivity index (χ3v) is 5.74. The summed E-state index contributed by atoms with van der Waals surface area (Å²) in [5, 5.41) is 2.88. The molecule has 146 valence electrons. The van der Waals surface area contributed by atoms with Crippen LogP contribution in [0.1, 0.15) is 35.7 Å². The number of ether oxygens (including phenoxy) is 1. The lowest BCUT2D eigenvalue weighted by molar-refractivity contribution is 0.0951. The Balaban J connectivity index is 1.97. The van der Waals surface area contributed by atoms with E-state index >= 15 is 0 Å². The maximum Gasteiger partial charge on any atom is 0.251 e. The van der Waals surface area contributed by atoms with Crippen molar-refractivity contribution in [1.82, 2.24) is 10.0 Å². The highest BCUT2D eigenvalue weighted by Crippen LogP contribution is 2.14. The first-order chi connectivity index (χ1) is 12.8. The molecule has 0 aliphatic heterocycles. The van der Waals surface area contributed by atoms with Gasteiger partial charge in [-0.05, 0) is 42.7 Å². The molecule has 27 heavy (non-hydrogen) atoms. The molecule has 6 nitrogen and oxygen atoms in total. The van der Waals surface area contributed by atoms with E-state index in [1.54, 1.807) is 6.92 Å². The lowest BCUT2D eigenvalue weighted by Crippen LogP contribution is -2.35. The third kappa shape index (κ3) is 6.16. The van der Waals surface area contributed by atoms with Gasteiger partial charge in [-0.2, -0.15) is 0 Å². The molecule has 0 aliphatic rings. The maximum absolute atomic E-state index is 12.3. The van der Waals surface area contributed by atoms with Crippen molar-refractivity contribution in [1.29, 1.82) is 0 Å². The highest BCUT2D eigenvalue weighted by molar-refractivity contribution is 7.89. The van der Waals surface area contributed by atoms with Crippen LogP contribution in [0.2, 0.25) is 0 Å². The number of sulfonamides is 1. The van der Waals surface area contributed by atoms with Crippen LogP contribution in [-0.2, 0) is 14.8 Å². The molecular weight excluding hydrogens is 364 g/mol. The highest BCUT2D eigenvalue weighted by Gasteiger charge is 2.18. The van der Waals surface area contributed by atoms with Crippen molar-refractivity contribution in [2.75, 3.05) is 20.3 Å². The molecule has 2 atom stereocenters. The van der Waals surface area contributed by atoms with Gasteiger partial charge in [0.25, 0.3) is 5.91 Å². The van der Waals surface area contributed by atoms with Gasteiger partial charge in [-0.3, -0.25) is 4.79 Å². The van der Waals surface area contributed by atoms with E-state index in [9.17, 15) is 13.2 Å². The Labute approximate surface area is 161 Å². The molecule has 1 amide bonds. The van der Waals surface area contributed by atoms with Gasteiger partial charge in [0.15, 0.2) is 0 Å². The minimum Gasteiger partial charge on any atom is -0.383 e. The number of benzene rings is 2. The number of hydrogen-bond acceptors (Lipinski definition) is 4. The van der Waals surface area contributed by atoms with E-state index in [0.29, 0.717) is 12.1 Å². The number of amides is 1. The molecule has 0 fully saturated rings. The number of methoxy groups -OCH3 is 1. The smallest absolute Gasteiger partial charge is 0.251 e. The Morgan fingerprint density at radius 1 is 1.04 bits per heavy atom. The van der Waals surface area contributed by atoms with Crippen molar-refractivity contribution in [2.24, 2.45) is 0 Å². The van der Waals surface area contributed by atoms with Gasteiger partial charge in [-0.25, -0.2) is 13.1 Å². The molecule has 0 saturated carbocycles. The molecule has 0 aromatic heterocycles. The molecule has 2 aromatic rings. The van der Waals surface area contributed by atoms with Gasteiger partial charge in [0.2, 0.25) is 10.0 Å². The summed E-state index contributed by atoms with van der Waals surface area (Å²) in [6.45, 7) is 4.53. The molecule has 0 unspecified atom stereocenters. The number of rotatable bonds is 9. The number of carbonyl (C=O) groups excluding carboxylic acids is 1. The fourth-order valence-electron chi connectivity index (χ4n) is 2.65. The topological polar surface area (TPSA) is 84.5 Å². The van der Waals surface area contributed by atoms with Crippen molar-refractivity contribution in [3.63, 3.8) is 0 Å². The van der Waals surface area contributed by atoms with Gasteiger partial charge >= 0.3 is 0 Å². The first-order valence-corrected chi connectivity index (χ1v) is 10.3. The molecule has 2 rings (SSSR count). The zero-order valence-electron chi connectivity index (χ0n) is 15.8. The second-order valence-electron chi connectivity index (χ2n) is 6.52. The summed E-state index contributed by atoms with van der Waals surface area (Å²) in [6.07, 6.45) is 0. The third-order valence-electron chi connectivity index (χ3n) is 4.14. The minimum atomic E-state index is -3.65. The average molecular weight is 391 g/mol. The van der Waals surface area contributed by atoms with Gasteiger partial charge in [-0.1, -0.05) is 37.3 Å². The van der Waals surface area contributed by atoms with Gasteiger partial charge in [-0.15, -0.1) is 0 Å². The Kier molecular flexibility index (Phi) is 7.53. The summed E-state index contributed by atoms with van der Waals surface area (Å²) in [6, 6.07) is 15.5. The highest BCUT2D eigenvalue weighted by atomic mass is 32.2. The van der Waals surface area contributed by atoms with E-state index in [0.717, 1.165) is 5.56 Å². The predicted octanol–water partition coefficient (Wildman–Crippen LogP) is 2.53. The summed E-state index contributed by atoms with van der Waals surface area (Å²) in [5.74, 6) is -0.0521. The van der Waals surface area contributed by atoms with Crippen LogP contribution < -0.4 is 10.0 Å². The van der Waals surface area contributed by atoms with Crippen molar-refractivity contribution >= 4 is 15.9 Å². The van der Waals surface area contributed by atoms with E-state index in [1.165, 1.54) is 31.4 Å². The Bertz CT molecular complexity index is 836. The Morgan fingerprint density at radius 3 is 2.26 bits per heavy atom. The molecule has 0 saturated heterocycles. The second-order valence-corrected chi connectivity index (χ2v) is 8.24. The summed E-state index contributed by atoms with van der Waals surface area (Å²) in [7, 11) is -2.14. The van der Waals surface area contributed by atoms with Gasteiger partial charge in [0, 0.05) is 25.3 Å². The molecule has 0 spiro atoms. The van der Waals surface area contributed by atoms with Crippen LogP contribution in [0.25, 0.3) is 0 Å². The van der Waals surface area contributed by atoms with E-state index in [1.807, 2.05) is 37.3 Å². The Hall–Kier alpha value is -2.22. The summed E-state index contributed by atoms with van der Waals surface area (Å²) < 4.78 is 32.1. The van der Waals surface area contributed by atoms with Crippen LogP contribution in [0.5, 0.6) is 0 Å². The predicted molar refractivity (Wildman–Crippen MR) is 105 cm³/mol. The first kappa shape index (κ1) is 21.1. The maximum atomic E-state index is 12.3. The molecule has 7 heteroatoms. The van der Waals surface area contributed by atoms with Crippen molar-refractivity contribution in [2.45, 2.75) is 30.7 Å². The summed E-state index contributed by atoms with van der Waals surface area (Å²) in [5.41, 5.74) is 1.56. The van der Waals surface area contributed by atoms with Crippen LogP contribution in [0.15, 0.2) is 59.5 Å². The fourth-order valence-corrected chi connectivity index (χ4v) is 3.88. The SMILES string of the molecule is COC[C@@H](C)NS(=O)(=O)c1ccc(C(=O)NC[C@@H](C)c2ccccc2)cc1.